The molecule has 4 fully saturated rings. The molecule has 6 aliphatic rings. The van der Waals surface area contributed by atoms with Crippen molar-refractivity contribution in [2.75, 3.05) is 44.2 Å². The van der Waals surface area contributed by atoms with Crippen molar-refractivity contribution in [1.29, 1.82) is 0 Å². The molecule has 1 saturated carbocycles. The van der Waals surface area contributed by atoms with E-state index < -0.39 is 0 Å². The number of benzene rings is 4. The lowest BCUT2D eigenvalue weighted by Gasteiger charge is -2.48. The van der Waals surface area contributed by atoms with Gasteiger partial charge in [0.05, 0.1) is 17.9 Å². The molecule has 2 bridgehead atoms. The van der Waals surface area contributed by atoms with Crippen molar-refractivity contribution >= 4 is 22.7 Å². The van der Waals surface area contributed by atoms with Gasteiger partial charge in [-0.1, -0.05) is 72.8 Å². The average molecular weight is 801 g/mol. The Morgan fingerprint density at radius 1 is 0.847 bits per heavy atom. The number of nitrogens with zero attached hydrogens (tertiary/aromatic N) is 6. The largest absolute Gasteiger partial charge is 0.508 e. The number of hydrogen-bond donors (Lipinski definition) is 1. The number of phenolic OH excluding ortho intramolecular Hbond substituents is 1. The van der Waals surface area contributed by atoms with Crippen LogP contribution in [0.25, 0.3) is 5.00 Å². The number of ether oxygens (including phenoxy) is 1. The van der Waals surface area contributed by atoms with Crippen LogP contribution in [-0.4, -0.2) is 75.4 Å². The summed E-state index contributed by atoms with van der Waals surface area (Å²) in [6, 6.07) is 35.5. The van der Waals surface area contributed by atoms with E-state index in [1.54, 1.807) is 0 Å². The third kappa shape index (κ3) is 6.10. The average Bonchev–Trinajstić information content (AvgIpc) is 3.99. The summed E-state index contributed by atoms with van der Waals surface area (Å²) in [6.07, 6.45) is 4.24. The topological polar surface area (TPSA) is 79.0 Å². The fourth-order valence-electron chi connectivity index (χ4n) is 11.3. The highest BCUT2D eigenvalue weighted by molar-refractivity contribution is 7.15. The number of phenols is 1. The van der Waals surface area contributed by atoms with Crippen molar-refractivity contribution in [2.45, 2.75) is 82.3 Å². The van der Waals surface area contributed by atoms with Gasteiger partial charge in [0.25, 0.3) is 0 Å². The van der Waals surface area contributed by atoms with Gasteiger partial charge in [0.1, 0.15) is 22.6 Å². The monoisotopic (exact) mass is 800 g/mol. The number of aliphatic imine (C=N–C) groups is 1. The number of aromatic nitrogens is 3. The smallest absolute Gasteiger partial charge is 0.162 e. The third-order valence-electron chi connectivity index (χ3n) is 14.4. The summed E-state index contributed by atoms with van der Waals surface area (Å²) in [5.41, 5.74) is 12.8. The second-order valence-electron chi connectivity index (χ2n) is 18.0. The molecular formula is C50H52N6O2S. The van der Waals surface area contributed by atoms with Crippen LogP contribution in [0, 0.1) is 20.8 Å². The molecule has 0 spiro atoms. The molecule has 2 aliphatic carbocycles. The molecule has 0 radical (unpaired) electrons. The van der Waals surface area contributed by atoms with Gasteiger partial charge in [-0.3, -0.25) is 14.5 Å². The number of anilines is 1. The molecule has 6 heterocycles. The molecule has 0 unspecified atom stereocenters. The van der Waals surface area contributed by atoms with Crippen LogP contribution in [0.5, 0.6) is 5.75 Å². The molecule has 3 atom stereocenters. The summed E-state index contributed by atoms with van der Waals surface area (Å²) in [5.74, 6) is 2.85. The van der Waals surface area contributed by atoms with Crippen LogP contribution in [0.2, 0.25) is 0 Å². The maximum Gasteiger partial charge on any atom is 0.162 e. The quantitative estimate of drug-likeness (QED) is 0.174. The number of aryl methyl sites for hydroxylation is 3. The number of thiophene rings is 1. The van der Waals surface area contributed by atoms with Crippen LogP contribution in [0.1, 0.15) is 105 Å². The SMILES string of the molecule is Cc1sc2c(c1C)C(c1ccc(C34COC(CN5CCN(c6ccc([C@H]7c8ccc(O)cc8CC[C@H]7c7ccccc7)cc6)CC5)(C3)C4)cc1)=N[C@@H](C)c1nnc(C)n1-2. The van der Waals surface area contributed by atoms with E-state index in [9.17, 15) is 5.11 Å². The van der Waals surface area contributed by atoms with E-state index >= 15 is 0 Å². The Morgan fingerprint density at radius 3 is 2.37 bits per heavy atom. The Labute approximate surface area is 351 Å². The fraction of sp³-hybridized carbons (Fsp3) is 0.380. The zero-order valence-electron chi connectivity index (χ0n) is 34.5. The highest BCUT2D eigenvalue weighted by Crippen LogP contribution is 2.59. The molecule has 8 nitrogen and oxygen atoms in total. The Morgan fingerprint density at radius 2 is 1.61 bits per heavy atom. The Bertz CT molecular complexity index is 2580. The molecule has 4 aromatic carbocycles. The summed E-state index contributed by atoms with van der Waals surface area (Å²) in [4.78, 5) is 11.8. The van der Waals surface area contributed by atoms with E-state index in [2.05, 4.69) is 130 Å². The Hall–Kier alpha value is -5.09. The first-order chi connectivity index (χ1) is 28.7. The predicted octanol–water partition coefficient (Wildman–Crippen LogP) is 9.36. The van der Waals surface area contributed by atoms with Gasteiger partial charge in [0, 0.05) is 65.7 Å². The zero-order valence-corrected chi connectivity index (χ0v) is 35.3. The van der Waals surface area contributed by atoms with Gasteiger partial charge >= 0.3 is 0 Å². The third-order valence-corrected chi connectivity index (χ3v) is 15.6. The molecule has 12 rings (SSSR count). The lowest BCUT2D eigenvalue weighted by atomic mass is 9.59. The van der Waals surface area contributed by atoms with Crippen molar-refractivity contribution in [1.82, 2.24) is 19.7 Å². The van der Waals surface area contributed by atoms with Gasteiger partial charge in [0.2, 0.25) is 0 Å². The number of fused-ring (bicyclic) bond motifs is 5. The van der Waals surface area contributed by atoms with Crippen molar-refractivity contribution in [3.05, 3.63) is 158 Å². The van der Waals surface area contributed by atoms with E-state index in [4.69, 9.17) is 9.73 Å². The molecule has 300 valence electrons. The zero-order chi connectivity index (χ0) is 40.0. The molecule has 0 amide bonds. The number of hydrogen-bond acceptors (Lipinski definition) is 8. The maximum atomic E-state index is 10.3. The van der Waals surface area contributed by atoms with E-state index in [1.165, 1.54) is 54.5 Å². The number of rotatable bonds is 7. The molecule has 4 aliphatic heterocycles. The van der Waals surface area contributed by atoms with E-state index in [-0.39, 0.29) is 23.0 Å². The maximum absolute atomic E-state index is 10.3. The predicted molar refractivity (Wildman–Crippen MR) is 236 cm³/mol. The summed E-state index contributed by atoms with van der Waals surface area (Å²) >= 11 is 1.81. The highest BCUT2D eigenvalue weighted by atomic mass is 32.1. The molecular weight excluding hydrogens is 749 g/mol. The van der Waals surface area contributed by atoms with E-state index in [0.717, 1.165) is 87.9 Å². The molecule has 2 aromatic heterocycles. The van der Waals surface area contributed by atoms with E-state index in [1.807, 2.05) is 30.4 Å². The van der Waals surface area contributed by atoms with Crippen molar-refractivity contribution < 1.29 is 9.84 Å². The first-order valence-corrected chi connectivity index (χ1v) is 22.3. The number of piperazine rings is 1. The van der Waals surface area contributed by atoms with Gasteiger partial charge in [0.15, 0.2) is 5.82 Å². The van der Waals surface area contributed by atoms with Crippen LogP contribution in [0.4, 0.5) is 5.69 Å². The van der Waals surface area contributed by atoms with Gasteiger partial charge in [-0.05, 0) is 117 Å². The number of aromatic hydroxyl groups is 1. The highest BCUT2D eigenvalue weighted by Gasteiger charge is 2.63. The minimum absolute atomic E-state index is 0.0434. The normalized spacial score (nSPS) is 26.1. The van der Waals surface area contributed by atoms with Crippen LogP contribution >= 0.6 is 11.3 Å². The molecule has 59 heavy (non-hydrogen) atoms. The lowest BCUT2D eigenvalue weighted by molar-refractivity contribution is -0.0330. The summed E-state index contributed by atoms with van der Waals surface area (Å²) < 4.78 is 8.91. The van der Waals surface area contributed by atoms with Crippen LogP contribution in [0.15, 0.2) is 102 Å². The van der Waals surface area contributed by atoms with Crippen LogP contribution < -0.4 is 4.90 Å². The molecule has 3 saturated heterocycles. The first-order valence-electron chi connectivity index (χ1n) is 21.5. The Kier molecular flexibility index (Phi) is 8.77. The van der Waals surface area contributed by atoms with Crippen LogP contribution in [0.3, 0.4) is 0 Å². The lowest BCUT2D eigenvalue weighted by Crippen LogP contribution is -2.57. The standard InChI is InChI=1S/C50H52N6O2S/c1-31-33(3)59-48-44(31)46(51-32(2)47-53-52-34(4)56(47)48)37-10-15-39(16-11-37)49-27-50(28-49,58-30-49)29-54-22-24-55(25-23-54)40-17-12-36(13-18-40)45-42(35-8-6-5-7-9-35)20-14-38-26-41(57)19-21-43(38)45/h5-13,15-19,21,26,32,42,45,57H,14,20,22-25,27-30H2,1-4H3/t32-,42-,45+,49?,50?/m0/s1. The fourth-order valence-corrected chi connectivity index (χ4v) is 12.5. The van der Waals surface area contributed by atoms with Gasteiger partial charge < -0.3 is 14.7 Å². The van der Waals surface area contributed by atoms with Crippen molar-refractivity contribution in [3.63, 3.8) is 0 Å². The summed E-state index contributed by atoms with van der Waals surface area (Å²) in [6.45, 7) is 14.5. The summed E-state index contributed by atoms with van der Waals surface area (Å²) in [7, 11) is 0. The van der Waals surface area contributed by atoms with Crippen molar-refractivity contribution in [2.24, 2.45) is 4.99 Å². The van der Waals surface area contributed by atoms with Gasteiger partial charge in [-0.25, -0.2) is 0 Å². The molecule has 1 N–H and O–H groups in total. The van der Waals surface area contributed by atoms with Gasteiger partial charge in [-0.2, -0.15) is 0 Å². The van der Waals surface area contributed by atoms with Gasteiger partial charge in [-0.15, -0.1) is 21.5 Å². The summed E-state index contributed by atoms with van der Waals surface area (Å²) in [5, 5.41) is 20.4. The minimum Gasteiger partial charge on any atom is -0.508 e. The molecule has 6 aromatic rings. The minimum atomic E-state index is -0.0856. The van der Waals surface area contributed by atoms with Crippen LogP contribution in [-0.2, 0) is 16.6 Å². The first kappa shape index (κ1) is 36.9. The Balaban J connectivity index is 0.743. The molecule has 9 heteroatoms. The second kappa shape index (κ2) is 14.0. The second-order valence-corrected chi connectivity index (χ2v) is 19.2. The van der Waals surface area contributed by atoms with E-state index in [0.29, 0.717) is 11.7 Å². The van der Waals surface area contributed by atoms with Crippen molar-refractivity contribution in [3.8, 4) is 10.8 Å².